The molecule has 3 rings (SSSR count). The minimum absolute atomic E-state index is 0.153. The molecule has 0 unspecified atom stereocenters. The Hall–Kier alpha value is -3.15. The number of aromatic nitrogens is 3. The van der Waals surface area contributed by atoms with Gasteiger partial charge in [0.25, 0.3) is 0 Å². The van der Waals surface area contributed by atoms with Gasteiger partial charge in [0.2, 0.25) is 0 Å². The predicted molar refractivity (Wildman–Crippen MR) is 112 cm³/mol. The number of nitrogens with zero attached hydrogens (tertiary/aromatic N) is 4. The fourth-order valence-corrected chi connectivity index (χ4v) is 3.27. The molecule has 28 heavy (non-hydrogen) atoms. The smallest absolute Gasteiger partial charge is 0.321 e. The molecule has 146 valence electrons. The minimum atomic E-state index is -0.153. The van der Waals surface area contributed by atoms with Crippen LogP contribution in [-0.4, -0.2) is 32.7 Å². The number of carbonyl (C=O) groups is 1. The maximum Gasteiger partial charge on any atom is 0.321 e. The van der Waals surface area contributed by atoms with E-state index in [2.05, 4.69) is 36.2 Å². The maximum absolute atomic E-state index is 12.7. The third-order valence-electron chi connectivity index (χ3n) is 4.81. The number of urea groups is 1. The van der Waals surface area contributed by atoms with Gasteiger partial charge in [0, 0.05) is 48.0 Å². The van der Waals surface area contributed by atoms with Crippen molar-refractivity contribution in [3.05, 3.63) is 65.7 Å². The van der Waals surface area contributed by atoms with E-state index in [1.807, 2.05) is 54.2 Å². The van der Waals surface area contributed by atoms with Crippen LogP contribution in [0.15, 0.2) is 48.8 Å². The Bertz CT molecular complexity index is 962. The molecule has 0 spiro atoms. The van der Waals surface area contributed by atoms with Crippen molar-refractivity contribution in [3.8, 4) is 11.1 Å². The van der Waals surface area contributed by atoms with Crippen LogP contribution in [-0.2, 0) is 6.54 Å². The summed E-state index contributed by atoms with van der Waals surface area (Å²) < 4.78 is 2.01. The molecular weight excluding hydrogens is 350 g/mol. The molecule has 2 amide bonds. The molecule has 0 bridgehead atoms. The van der Waals surface area contributed by atoms with E-state index in [1.165, 1.54) is 0 Å². The number of benzene rings is 1. The number of pyridine rings is 1. The summed E-state index contributed by atoms with van der Waals surface area (Å²) in [6.45, 7) is 8.77. The van der Waals surface area contributed by atoms with Crippen LogP contribution in [0, 0.1) is 13.8 Å². The molecule has 2 heterocycles. The van der Waals surface area contributed by atoms with E-state index in [1.54, 1.807) is 18.1 Å². The number of hydrogen-bond donors (Lipinski definition) is 1. The van der Waals surface area contributed by atoms with E-state index in [0.29, 0.717) is 12.6 Å². The van der Waals surface area contributed by atoms with Crippen LogP contribution in [0.4, 0.5) is 10.5 Å². The summed E-state index contributed by atoms with van der Waals surface area (Å²) in [6, 6.07) is 11.8. The molecule has 0 saturated carbocycles. The van der Waals surface area contributed by atoms with Crippen LogP contribution in [0.2, 0.25) is 0 Å². The van der Waals surface area contributed by atoms with E-state index in [-0.39, 0.29) is 6.03 Å². The lowest BCUT2D eigenvalue weighted by atomic mass is 10.1. The number of carbonyl (C=O) groups excluding carboxylic acids is 1. The number of rotatable bonds is 5. The van der Waals surface area contributed by atoms with Gasteiger partial charge < -0.3 is 10.2 Å². The molecule has 6 nitrogen and oxygen atoms in total. The summed E-state index contributed by atoms with van der Waals surface area (Å²) in [7, 11) is 1.80. The number of nitrogens with one attached hydrogen (secondary N) is 1. The van der Waals surface area contributed by atoms with E-state index >= 15 is 0 Å². The second kappa shape index (κ2) is 8.25. The first-order valence-electron chi connectivity index (χ1n) is 9.44. The standard InChI is InChI=1S/C22H27N5O/c1-15(2)27-17(4)21(16(3)25-27)14-26(5)22(28)24-20-10-6-8-18(12-20)19-9-7-11-23-13-19/h6-13,15H,14H2,1-5H3,(H,24,28). The largest absolute Gasteiger partial charge is 0.323 e. The summed E-state index contributed by atoms with van der Waals surface area (Å²) in [5.74, 6) is 0. The third-order valence-corrected chi connectivity index (χ3v) is 4.81. The second-order valence-corrected chi connectivity index (χ2v) is 7.30. The van der Waals surface area contributed by atoms with Crippen LogP contribution in [0.1, 0.15) is 36.8 Å². The van der Waals surface area contributed by atoms with Gasteiger partial charge in [-0.25, -0.2) is 4.79 Å². The predicted octanol–water partition coefficient (Wildman–Crippen LogP) is 4.81. The van der Waals surface area contributed by atoms with Gasteiger partial charge >= 0.3 is 6.03 Å². The van der Waals surface area contributed by atoms with E-state index in [9.17, 15) is 4.79 Å². The maximum atomic E-state index is 12.7. The van der Waals surface area contributed by atoms with Gasteiger partial charge in [-0.1, -0.05) is 18.2 Å². The van der Waals surface area contributed by atoms with Crippen LogP contribution in [0.3, 0.4) is 0 Å². The summed E-state index contributed by atoms with van der Waals surface area (Å²) in [5, 5.41) is 7.58. The molecule has 0 atom stereocenters. The van der Waals surface area contributed by atoms with Crippen molar-refractivity contribution in [2.45, 2.75) is 40.3 Å². The Morgan fingerprint density at radius 3 is 2.57 bits per heavy atom. The Balaban J connectivity index is 1.72. The van der Waals surface area contributed by atoms with Gasteiger partial charge in [0.05, 0.1) is 12.2 Å². The fraction of sp³-hybridized carbons (Fsp3) is 0.318. The van der Waals surface area contributed by atoms with Crippen molar-refractivity contribution in [2.24, 2.45) is 0 Å². The first kappa shape index (κ1) is 19.6. The summed E-state index contributed by atoms with van der Waals surface area (Å²) >= 11 is 0. The lowest BCUT2D eigenvalue weighted by molar-refractivity contribution is 0.220. The van der Waals surface area contributed by atoms with Gasteiger partial charge in [-0.05, 0) is 51.5 Å². The summed E-state index contributed by atoms with van der Waals surface area (Å²) in [6.07, 6.45) is 3.56. The van der Waals surface area contributed by atoms with Gasteiger partial charge in [0.1, 0.15) is 0 Å². The van der Waals surface area contributed by atoms with Crippen LogP contribution >= 0.6 is 0 Å². The summed E-state index contributed by atoms with van der Waals surface area (Å²) in [4.78, 5) is 18.5. The molecule has 3 aromatic rings. The van der Waals surface area contributed by atoms with Crippen LogP contribution in [0.5, 0.6) is 0 Å². The fourth-order valence-electron chi connectivity index (χ4n) is 3.27. The SMILES string of the molecule is Cc1nn(C(C)C)c(C)c1CN(C)C(=O)Nc1cccc(-c2cccnc2)c1. The molecule has 1 N–H and O–H groups in total. The van der Waals surface area contributed by atoms with Crippen molar-refractivity contribution in [1.29, 1.82) is 0 Å². The molecule has 0 aliphatic heterocycles. The first-order chi connectivity index (χ1) is 13.4. The van der Waals surface area contributed by atoms with Crippen molar-refractivity contribution in [1.82, 2.24) is 19.7 Å². The lowest BCUT2D eigenvalue weighted by Crippen LogP contribution is -2.31. The number of hydrogen-bond acceptors (Lipinski definition) is 3. The van der Waals surface area contributed by atoms with Gasteiger partial charge in [-0.3, -0.25) is 9.67 Å². The summed E-state index contributed by atoms with van der Waals surface area (Å²) in [5.41, 5.74) is 5.94. The Morgan fingerprint density at radius 1 is 1.18 bits per heavy atom. The van der Waals surface area contributed by atoms with Crippen molar-refractivity contribution in [3.63, 3.8) is 0 Å². The number of anilines is 1. The highest BCUT2D eigenvalue weighted by Gasteiger charge is 2.17. The van der Waals surface area contributed by atoms with Crippen molar-refractivity contribution >= 4 is 11.7 Å². The average molecular weight is 377 g/mol. The topological polar surface area (TPSA) is 63.1 Å². The molecule has 0 aliphatic rings. The van der Waals surface area contributed by atoms with Gasteiger partial charge in [-0.2, -0.15) is 5.10 Å². The molecular formula is C22H27N5O. The minimum Gasteiger partial charge on any atom is -0.323 e. The van der Waals surface area contributed by atoms with Crippen LogP contribution in [0.25, 0.3) is 11.1 Å². The average Bonchev–Trinajstić information content (AvgIpc) is 2.97. The van der Waals surface area contributed by atoms with Crippen molar-refractivity contribution in [2.75, 3.05) is 12.4 Å². The molecule has 0 radical (unpaired) electrons. The Morgan fingerprint density at radius 2 is 1.93 bits per heavy atom. The first-order valence-corrected chi connectivity index (χ1v) is 9.44. The lowest BCUT2D eigenvalue weighted by Gasteiger charge is -2.19. The Labute approximate surface area is 166 Å². The second-order valence-electron chi connectivity index (χ2n) is 7.30. The normalized spacial score (nSPS) is 10.9. The highest BCUT2D eigenvalue weighted by Crippen LogP contribution is 2.22. The van der Waals surface area contributed by atoms with E-state index in [0.717, 1.165) is 33.8 Å². The zero-order valence-electron chi connectivity index (χ0n) is 17.1. The molecule has 0 aliphatic carbocycles. The Kier molecular flexibility index (Phi) is 5.78. The number of amides is 2. The molecule has 2 aromatic heterocycles. The van der Waals surface area contributed by atoms with Crippen molar-refractivity contribution < 1.29 is 4.79 Å². The monoisotopic (exact) mass is 377 g/mol. The highest BCUT2D eigenvalue weighted by molar-refractivity contribution is 5.90. The zero-order valence-corrected chi connectivity index (χ0v) is 17.1. The van der Waals surface area contributed by atoms with Gasteiger partial charge in [-0.15, -0.1) is 0 Å². The van der Waals surface area contributed by atoms with Gasteiger partial charge in [0.15, 0.2) is 0 Å². The van der Waals surface area contributed by atoms with Crippen LogP contribution < -0.4 is 5.32 Å². The molecule has 0 saturated heterocycles. The van der Waals surface area contributed by atoms with E-state index < -0.39 is 0 Å². The third kappa shape index (κ3) is 4.22. The highest BCUT2D eigenvalue weighted by atomic mass is 16.2. The molecule has 0 fully saturated rings. The number of aryl methyl sites for hydroxylation is 1. The quantitative estimate of drug-likeness (QED) is 0.694. The zero-order chi connectivity index (χ0) is 20.3. The van der Waals surface area contributed by atoms with E-state index in [4.69, 9.17) is 0 Å². The molecule has 6 heteroatoms. The molecule has 1 aromatic carbocycles.